The van der Waals surface area contributed by atoms with Crippen LogP contribution in [0.5, 0.6) is 0 Å². The molecule has 0 bridgehead atoms. The largest absolute Gasteiger partial charge is 0.465 e. The average molecular weight is 356 g/mol. The van der Waals surface area contributed by atoms with Crippen LogP contribution in [0.4, 0.5) is 8.78 Å². The number of hydrogen-bond donors (Lipinski definition) is 0. The summed E-state index contributed by atoms with van der Waals surface area (Å²) in [6, 6.07) is 11.8. The summed E-state index contributed by atoms with van der Waals surface area (Å²) in [5, 5.41) is 0. The first-order chi connectivity index (χ1) is 12.5. The number of allylic oxidation sites excluding steroid dienone is 2. The van der Waals surface area contributed by atoms with Gasteiger partial charge in [0.05, 0.1) is 6.61 Å². The van der Waals surface area contributed by atoms with Crippen LogP contribution in [0.2, 0.25) is 0 Å². The summed E-state index contributed by atoms with van der Waals surface area (Å²) in [5.74, 6) is -3.70. The maximum absolute atomic E-state index is 14.4. The van der Waals surface area contributed by atoms with Gasteiger partial charge in [-0.25, -0.2) is 8.78 Å². The fraction of sp³-hybridized carbons (Fsp3) is 0.238. The van der Waals surface area contributed by atoms with Crippen molar-refractivity contribution < 1.29 is 23.1 Å². The van der Waals surface area contributed by atoms with Crippen molar-refractivity contribution in [1.82, 2.24) is 0 Å². The molecule has 0 heterocycles. The van der Waals surface area contributed by atoms with E-state index in [2.05, 4.69) is 0 Å². The van der Waals surface area contributed by atoms with E-state index < -0.39 is 29.4 Å². The third-order valence-electron chi connectivity index (χ3n) is 4.53. The third-order valence-corrected chi connectivity index (χ3v) is 4.53. The van der Waals surface area contributed by atoms with Gasteiger partial charge in [-0.15, -0.1) is 0 Å². The summed E-state index contributed by atoms with van der Waals surface area (Å²) in [5.41, 5.74) is 1.61. The van der Waals surface area contributed by atoms with Crippen molar-refractivity contribution in [3.05, 3.63) is 77.4 Å². The molecule has 0 aliphatic heterocycles. The van der Waals surface area contributed by atoms with Crippen LogP contribution in [-0.2, 0) is 14.3 Å². The van der Waals surface area contributed by atoms with Gasteiger partial charge in [-0.3, -0.25) is 9.59 Å². The molecule has 134 valence electrons. The van der Waals surface area contributed by atoms with Crippen LogP contribution in [-0.4, -0.2) is 18.4 Å². The van der Waals surface area contributed by atoms with E-state index in [1.807, 2.05) is 0 Å². The van der Waals surface area contributed by atoms with Crippen molar-refractivity contribution in [2.24, 2.45) is 5.92 Å². The van der Waals surface area contributed by atoms with E-state index in [0.29, 0.717) is 16.7 Å². The molecule has 2 unspecified atom stereocenters. The van der Waals surface area contributed by atoms with Gasteiger partial charge in [-0.1, -0.05) is 30.3 Å². The molecule has 2 atom stereocenters. The molecule has 1 aliphatic rings. The Labute approximate surface area is 150 Å². The van der Waals surface area contributed by atoms with Crippen LogP contribution in [0.15, 0.2) is 54.6 Å². The van der Waals surface area contributed by atoms with E-state index in [-0.39, 0.29) is 18.8 Å². The fourth-order valence-corrected chi connectivity index (χ4v) is 3.32. The van der Waals surface area contributed by atoms with Gasteiger partial charge >= 0.3 is 5.97 Å². The van der Waals surface area contributed by atoms with Crippen LogP contribution >= 0.6 is 0 Å². The monoisotopic (exact) mass is 356 g/mol. The highest BCUT2D eigenvalue weighted by atomic mass is 19.1. The topological polar surface area (TPSA) is 43.4 Å². The Bertz CT molecular complexity index is 856. The molecule has 0 fully saturated rings. The van der Waals surface area contributed by atoms with Gasteiger partial charge in [-0.2, -0.15) is 0 Å². The summed E-state index contributed by atoms with van der Waals surface area (Å²) in [6.45, 7) is 1.80. The first-order valence-electron chi connectivity index (χ1n) is 8.42. The molecular weight excluding hydrogens is 338 g/mol. The van der Waals surface area contributed by atoms with Crippen LogP contribution in [0, 0.1) is 17.6 Å². The average Bonchev–Trinajstić information content (AvgIpc) is 2.62. The lowest BCUT2D eigenvalue weighted by Crippen LogP contribution is -2.34. The molecular formula is C21H18F2O3. The van der Waals surface area contributed by atoms with Gasteiger partial charge in [0.1, 0.15) is 17.6 Å². The molecule has 3 rings (SSSR count). The predicted octanol–water partition coefficient (Wildman–Crippen LogP) is 4.28. The fourth-order valence-electron chi connectivity index (χ4n) is 3.32. The third kappa shape index (κ3) is 3.57. The van der Waals surface area contributed by atoms with E-state index in [4.69, 9.17) is 4.74 Å². The SMILES string of the molecule is CCOC(=O)C1C(=O)C=C(c2ccc(F)cc2)CC1c1ccccc1F. The van der Waals surface area contributed by atoms with Crippen LogP contribution < -0.4 is 0 Å². The Kier molecular flexibility index (Phi) is 5.26. The van der Waals surface area contributed by atoms with Crippen molar-refractivity contribution in [1.29, 1.82) is 0 Å². The number of carbonyl (C=O) groups is 2. The maximum Gasteiger partial charge on any atom is 0.317 e. The van der Waals surface area contributed by atoms with E-state index in [9.17, 15) is 18.4 Å². The minimum Gasteiger partial charge on any atom is -0.465 e. The molecule has 0 spiro atoms. The molecule has 0 radical (unpaired) electrons. The zero-order valence-electron chi connectivity index (χ0n) is 14.2. The van der Waals surface area contributed by atoms with Crippen molar-refractivity contribution >= 4 is 17.3 Å². The van der Waals surface area contributed by atoms with Crippen molar-refractivity contribution in [2.75, 3.05) is 6.61 Å². The normalized spacial score (nSPS) is 19.8. The summed E-state index contributed by atoms with van der Waals surface area (Å²) in [4.78, 5) is 25.0. The lowest BCUT2D eigenvalue weighted by molar-refractivity contribution is -0.151. The molecule has 2 aromatic carbocycles. The molecule has 26 heavy (non-hydrogen) atoms. The Hall–Kier alpha value is -2.82. The van der Waals surface area contributed by atoms with E-state index >= 15 is 0 Å². The lowest BCUT2D eigenvalue weighted by Gasteiger charge is -2.29. The Morgan fingerprint density at radius 1 is 1.12 bits per heavy atom. The molecule has 0 N–H and O–H groups in total. The van der Waals surface area contributed by atoms with E-state index in [1.165, 1.54) is 24.3 Å². The number of carbonyl (C=O) groups excluding carboxylic acids is 2. The highest BCUT2D eigenvalue weighted by Gasteiger charge is 2.40. The first-order valence-corrected chi connectivity index (χ1v) is 8.42. The van der Waals surface area contributed by atoms with Gasteiger partial charge in [0.2, 0.25) is 0 Å². The predicted molar refractivity (Wildman–Crippen MR) is 93.3 cm³/mol. The molecule has 0 saturated heterocycles. The molecule has 0 aromatic heterocycles. The summed E-state index contributed by atoms with van der Waals surface area (Å²) in [6.07, 6.45) is 1.66. The molecule has 1 aliphatic carbocycles. The lowest BCUT2D eigenvalue weighted by atomic mass is 9.73. The van der Waals surface area contributed by atoms with Gasteiger partial charge in [0.15, 0.2) is 5.78 Å². The second-order valence-corrected chi connectivity index (χ2v) is 6.14. The summed E-state index contributed by atoms with van der Waals surface area (Å²) < 4.78 is 32.6. The van der Waals surface area contributed by atoms with Gasteiger partial charge in [-0.05, 0) is 54.3 Å². The number of benzene rings is 2. The van der Waals surface area contributed by atoms with Crippen molar-refractivity contribution in [3.8, 4) is 0 Å². The number of ketones is 1. The minimum absolute atomic E-state index is 0.140. The van der Waals surface area contributed by atoms with Gasteiger partial charge in [0, 0.05) is 5.92 Å². The second-order valence-electron chi connectivity index (χ2n) is 6.14. The highest BCUT2D eigenvalue weighted by Crippen LogP contribution is 2.41. The van der Waals surface area contributed by atoms with Gasteiger partial charge < -0.3 is 4.74 Å². The zero-order valence-corrected chi connectivity index (χ0v) is 14.2. The number of ether oxygens (including phenoxy) is 1. The summed E-state index contributed by atoms with van der Waals surface area (Å²) in [7, 11) is 0. The minimum atomic E-state index is -1.09. The summed E-state index contributed by atoms with van der Waals surface area (Å²) >= 11 is 0. The number of hydrogen-bond acceptors (Lipinski definition) is 3. The van der Waals surface area contributed by atoms with Crippen LogP contribution in [0.3, 0.4) is 0 Å². The van der Waals surface area contributed by atoms with Crippen molar-refractivity contribution in [2.45, 2.75) is 19.3 Å². The Morgan fingerprint density at radius 3 is 2.46 bits per heavy atom. The quantitative estimate of drug-likeness (QED) is 0.606. The first kappa shape index (κ1) is 18.0. The Morgan fingerprint density at radius 2 is 1.81 bits per heavy atom. The van der Waals surface area contributed by atoms with Crippen LogP contribution in [0.1, 0.15) is 30.4 Å². The number of esters is 1. The molecule has 2 aromatic rings. The second kappa shape index (κ2) is 7.60. The number of rotatable bonds is 4. The molecule has 3 nitrogen and oxygen atoms in total. The van der Waals surface area contributed by atoms with E-state index in [1.54, 1.807) is 37.3 Å². The van der Waals surface area contributed by atoms with E-state index in [0.717, 1.165) is 0 Å². The zero-order chi connectivity index (χ0) is 18.7. The van der Waals surface area contributed by atoms with Crippen LogP contribution in [0.25, 0.3) is 5.57 Å². The van der Waals surface area contributed by atoms with Crippen molar-refractivity contribution in [3.63, 3.8) is 0 Å². The standard InChI is InChI=1S/C21H18F2O3/c1-2-26-21(25)20-17(16-5-3-4-6-18(16)23)11-14(12-19(20)24)13-7-9-15(22)10-8-13/h3-10,12,17,20H,2,11H2,1H3. The Balaban J connectivity index is 2.04. The molecule has 0 saturated carbocycles. The van der Waals surface area contributed by atoms with Gasteiger partial charge in [0.25, 0.3) is 0 Å². The maximum atomic E-state index is 14.4. The molecule has 0 amide bonds. The highest BCUT2D eigenvalue weighted by molar-refractivity contribution is 6.10. The number of halogens is 2. The smallest absolute Gasteiger partial charge is 0.317 e. The molecule has 5 heteroatoms.